The van der Waals surface area contributed by atoms with E-state index in [-0.39, 0.29) is 5.56 Å². The summed E-state index contributed by atoms with van der Waals surface area (Å²) in [6, 6.07) is 16.0. The molecule has 0 fully saturated rings. The number of imidazole rings is 1. The lowest BCUT2D eigenvalue weighted by atomic mass is 10.1. The highest BCUT2D eigenvalue weighted by Gasteiger charge is 2.20. The molecule has 0 bridgehead atoms. The SMILES string of the molecule is CCN1/C(=c2\sc3nc4ccccc4n3c2=O)C=Cc2ccccc21. The van der Waals surface area contributed by atoms with Gasteiger partial charge >= 0.3 is 0 Å². The largest absolute Gasteiger partial charge is 0.340 e. The van der Waals surface area contributed by atoms with E-state index in [1.807, 2.05) is 42.5 Å². The number of rotatable bonds is 1. The molecular formula is C20H15N3OS. The van der Waals surface area contributed by atoms with Crippen molar-refractivity contribution in [2.45, 2.75) is 6.92 Å². The Hall–Kier alpha value is -2.92. The van der Waals surface area contributed by atoms with E-state index in [0.717, 1.165) is 38.5 Å². The van der Waals surface area contributed by atoms with Crippen molar-refractivity contribution in [3.05, 3.63) is 75.1 Å². The number of fused-ring (bicyclic) bond motifs is 4. The molecule has 0 atom stereocenters. The molecule has 122 valence electrons. The summed E-state index contributed by atoms with van der Waals surface area (Å²) in [6.45, 7) is 2.91. The van der Waals surface area contributed by atoms with Crippen molar-refractivity contribution in [1.82, 2.24) is 9.38 Å². The number of aromatic nitrogens is 2. The molecule has 1 aliphatic heterocycles. The van der Waals surface area contributed by atoms with Crippen molar-refractivity contribution < 1.29 is 0 Å². The molecule has 4 aromatic rings. The molecule has 3 heterocycles. The third-order valence-corrected chi connectivity index (χ3v) is 5.65. The van der Waals surface area contributed by atoms with E-state index in [9.17, 15) is 4.79 Å². The van der Waals surface area contributed by atoms with Crippen molar-refractivity contribution in [1.29, 1.82) is 0 Å². The molecule has 0 amide bonds. The molecule has 0 aliphatic carbocycles. The zero-order valence-electron chi connectivity index (χ0n) is 13.6. The fourth-order valence-corrected chi connectivity index (χ4v) is 4.53. The van der Waals surface area contributed by atoms with Gasteiger partial charge in [0, 0.05) is 12.2 Å². The summed E-state index contributed by atoms with van der Waals surface area (Å²) < 4.78 is 2.46. The average Bonchev–Trinajstić information content (AvgIpc) is 3.17. The van der Waals surface area contributed by atoms with Crippen LogP contribution in [0.4, 0.5) is 5.69 Å². The fourth-order valence-electron chi connectivity index (χ4n) is 3.47. The zero-order valence-corrected chi connectivity index (χ0v) is 14.5. The molecule has 0 unspecified atom stereocenters. The van der Waals surface area contributed by atoms with Crippen LogP contribution in [-0.2, 0) is 0 Å². The van der Waals surface area contributed by atoms with E-state index in [1.54, 1.807) is 4.40 Å². The van der Waals surface area contributed by atoms with Crippen molar-refractivity contribution in [3.63, 3.8) is 0 Å². The minimum Gasteiger partial charge on any atom is -0.340 e. The predicted molar refractivity (Wildman–Crippen MR) is 104 cm³/mol. The third kappa shape index (κ3) is 1.99. The van der Waals surface area contributed by atoms with Gasteiger partial charge in [-0.25, -0.2) is 9.38 Å². The summed E-state index contributed by atoms with van der Waals surface area (Å²) >= 11 is 1.46. The second kappa shape index (κ2) is 5.29. The van der Waals surface area contributed by atoms with Crippen molar-refractivity contribution in [2.75, 3.05) is 11.4 Å². The molecule has 0 N–H and O–H groups in total. The topological polar surface area (TPSA) is 37.6 Å². The second-order valence-corrected chi connectivity index (χ2v) is 6.95. The Morgan fingerprint density at radius 2 is 1.84 bits per heavy atom. The van der Waals surface area contributed by atoms with E-state index in [0.29, 0.717) is 0 Å². The average molecular weight is 345 g/mol. The van der Waals surface area contributed by atoms with Gasteiger partial charge in [0.05, 0.1) is 16.7 Å². The monoisotopic (exact) mass is 345 g/mol. The quantitative estimate of drug-likeness (QED) is 0.531. The number of anilines is 1. The summed E-state index contributed by atoms with van der Waals surface area (Å²) in [5, 5.41) is 0. The molecule has 25 heavy (non-hydrogen) atoms. The Kier molecular flexibility index (Phi) is 3.05. The number of hydrogen-bond donors (Lipinski definition) is 0. The van der Waals surface area contributed by atoms with Crippen LogP contribution in [0.5, 0.6) is 0 Å². The molecule has 0 spiro atoms. The van der Waals surface area contributed by atoms with Gasteiger partial charge in [-0.15, -0.1) is 0 Å². The number of hydrogen-bond acceptors (Lipinski definition) is 4. The molecule has 1 aliphatic rings. The van der Waals surface area contributed by atoms with Crippen LogP contribution in [0.15, 0.2) is 59.4 Å². The molecule has 5 rings (SSSR count). The number of thiazole rings is 1. The van der Waals surface area contributed by atoms with Crippen LogP contribution < -0.4 is 15.0 Å². The lowest BCUT2D eigenvalue weighted by Gasteiger charge is -2.28. The van der Waals surface area contributed by atoms with Gasteiger partial charge in [0.1, 0.15) is 4.53 Å². The van der Waals surface area contributed by atoms with Crippen LogP contribution in [-0.4, -0.2) is 15.9 Å². The maximum absolute atomic E-state index is 13.1. The van der Waals surface area contributed by atoms with Crippen LogP contribution in [0.1, 0.15) is 12.5 Å². The van der Waals surface area contributed by atoms with Crippen LogP contribution in [0, 0.1) is 0 Å². The lowest BCUT2D eigenvalue weighted by molar-refractivity contribution is 1.02. The molecule has 0 saturated heterocycles. The van der Waals surface area contributed by atoms with Gasteiger partial charge in [0.15, 0.2) is 4.96 Å². The molecule has 0 saturated carbocycles. The first-order valence-electron chi connectivity index (χ1n) is 8.27. The van der Waals surface area contributed by atoms with Gasteiger partial charge in [-0.3, -0.25) is 4.79 Å². The predicted octanol–water partition coefficient (Wildman–Crippen LogP) is 3.29. The Morgan fingerprint density at radius 3 is 2.72 bits per heavy atom. The Balaban J connectivity index is 1.86. The summed E-state index contributed by atoms with van der Waals surface area (Å²) in [4.78, 5) is 20.7. The minimum atomic E-state index is 0.00572. The normalized spacial score (nSPS) is 16.0. The molecule has 5 heteroatoms. The number of likely N-dealkylation sites (N-methyl/N-ethyl adjacent to an activating group) is 1. The molecule has 2 aromatic heterocycles. The van der Waals surface area contributed by atoms with Crippen LogP contribution in [0.3, 0.4) is 0 Å². The van der Waals surface area contributed by atoms with E-state index in [4.69, 9.17) is 0 Å². The van der Waals surface area contributed by atoms with Gasteiger partial charge in [0.2, 0.25) is 0 Å². The summed E-state index contributed by atoms with van der Waals surface area (Å²) in [5.41, 5.74) is 5.00. The highest BCUT2D eigenvalue weighted by molar-refractivity contribution is 7.15. The van der Waals surface area contributed by atoms with E-state index in [2.05, 4.69) is 35.0 Å². The first-order chi connectivity index (χ1) is 12.3. The highest BCUT2D eigenvalue weighted by Crippen LogP contribution is 2.30. The molecule has 2 aromatic carbocycles. The third-order valence-electron chi connectivity index (χ3n) is 4.61. The van der Waals surface area contributed by atoms with Gasteiger partial charge in [0.25, 0.3) is 5.56 Å². The standard InChI is InChI=1S/C20H15N3OS/c1-2-22-15-9-5-3-7-13(15)11-12-17(22)18-19(24)23-16-10-6-4-8-14(16)21-20(23)25-18/h3-12H,2H2,1H3/b18-17-. The first-order valence-corrected chi connectivity index (χ1v) is 9.08. The van der Waals surface area contributed by atoms with Gasteiger partial charge in [-0.05, 0) is 36.8 Å². The van der Waals surface area contributed by atoms with Gasteiger partial charge in [-0.1, -0.05) is 47.7 Å². The number of para-hydroxylation sites is 3. The van der Waals surface area contributed by atoms with E-state index in [1.165, 1.54) is 16.9 Å². The minimum absolute atomic E-state index is 0.00572. The number of benzene rings is 2. The first kappa shape index (κ1) is 14.4. The summed E-state index contributed by atoms with van der Waals surface area (Å²) in [5.74, 6) is 0. The van der Waals surface area contributed by atoms with Gasteiger partial charge in [-0.2, -0.15) is 0 Å². The molecule has 4 nitrogen and oxygen atoms in total. The van der Waals surface area contributed by atoms with E-state index < -0.39 is 0 Å². The molecular weight excluding hydrogens is 330 g/mol. The van der Waals surface area contributed by atoms with Crippen LogP contribution >= 0.6 is 11.3 Å². The maximum Gasteiger partial charge on any atom is 0.277 e. The smallest absolute Gasteiger partial charge is 0.277 e. The van der Waals surface area contributed by atoms with Crippen LogP contribution in [0.2, 0.25) is 0 Å². The highest BCUT2D eigenvalue weighted by atomic mass is 32.1. The van der Waals surface area contributed by atoms with Crippen LogP contribution in [0.25, 0.3) is 27.8 Å². The Labute approximate surface area is 148 Å². The van der Waals surface area contributed by atoms with Crippen molar-refractivity contribution in [2.24, 2.45) is 0 Å². The molecule has 0 radical (unpaired) electrons. The van der Waals surface area contributed by atoms with Crippen molar-refractivity contribution >= 4 is 44.8 Å². The maximum atomic E-state index is 13.1. The number of nitrogens with zero attached hydrogens (tertiary/aromatic N) is 3. The lowest BCUT2D eigenvalue weighted by Crippen LogP contribution is -2.33. The van der Waals surface area contributed by atoms with Crippen molar-refractivity contribution in [3.8, 4) is 0 Å². The Bertz CT molecular complexity index is 1270. The summed E-state index contributed by atoms with van der Waals surface area (Å²) in [6.07, 6.45) is 4.12. The second-order valence-electron chi connectivity index (χ2n) is 5.98. The fraction of sp³-hybridized carbons (Fsp3) is 0.100. The van der Waals surface area contributed by atoms with E-state index >= 15 is 0 Å². The zero-order chi connectivity index (χ0) is 17.0. The Morgan fingerprint density at radius 1 is 1.04 bits per heavy atom. The van der Waals surface area contributed by atoms with Gasteiger partial charge < -0.3 is 4.90 Å². The summed E-state index contributed by atoms with van der Waals surface area (Å²) in [7, 11) is 0.